The van der Waals surface area contributed by atoms with Crippen LogP contribution in [-0.2, 0) is 17.6 Å². The van der Waals surface area contributed by atoms with Crippen molar-refractivity contribution in [3.05, 3.63) is 58.1 Å². The van der Waals surface area contributed by atoms with Crippen molar-refractivity contribution in [2.24, 2.45) is 0 Å². The molecule has 23 heavy (non-hydrogen) atoms. The minimum Gasteiger partial charge on any atom is -0.483 e. The van der Waals surface area contributed by atoms with Crippen LogP contribution in [0.2, 0.25) is 5.02 Å². The van der Waals surface area contributed by atoms with Crippen LogP contribution in [0.4, 0.5) is 5.69 Å². The Hall–Kier alpha value is -2.00. The first-order valence-corrected chi connectivity index (χ1v) is 8.22. The van der Waals surface area contributed by atoms with Crippen LogP contribution in [0.1, 0.15) is 30.5 Å². The molecule has 1 amide bonds. The van der Waals surface area contributed by atoms with Crippen molar-refractivity contribution >= 4 is 23.2 Å². The predicted octanol–water partition coefficient (Wildman–Crippen LogP) is 4.79. The molecule has 2 rings (SSSR count). The van der Waals surface area contributed by atoms with Gasteiger partial charge in [0.25, 0.3) is 5.91 Å². The Morgan fingerprint density at radius 2 is 1.78 bits per heavy atom. The van der Waals surface area contributed by atoms with Gasteiger partial charge in [0.2, 0.25) is 0 Å². The normalized spacial score (nSPS) is 10.4. The van der Waals surface area contributed by atoms with E-state index in [1.165, 1.54) is 0 Å². The van der Waals surface area contributed by atoms with Crippen molar-refractivity contribution in [1.82, 2.24) is 0 Å². The fraction of sp³-hybridized carbons (Fsp3) is 0.316. The van der Waals surface area contributed by atoms with Crippen molar-refractivity contribution < 1.29 is 9.53 Å². The van der Waals surface area contributed by atoms with E-state index >= 15 is 0 Å². The number of carbonyl (C=O) groups excluding carboxylic acids is 1. The molecule has 2 aromatic rings. The summed E-state index contributed by atoms with van der Waals surface area (Å²) < 4.78 is 5.60. The number of aryl methyl sites for hydroxylation is 3. The van der Waals surface area contributed by atoms with Crippen molar-refractivity contribution in [3.8, 4) is 5.75 Å². The Kier molecular flexibility index (Phi) is 6.05. The highest BCUT2D eigenvalue weighted by atomic mass is 35.5. The lowest BCUT2D eigenvalue weighted by Gasteiger charge is -2.15. The van der Waals surface area contributed by atoms with Crippen LogP contribution in [0.25, 0.3) is 0 Å². The molecule has 0 aliphatic carbocycles. The molecule has 4 heteroatoms. The summed E-state index contributed by atoms with van der Waals surface area (Å²) in [6.45, 7) is 6.04. The van der Waals surface area contributed by atoms with Gasteiger partial charge in [-0.25, -0.2) is 0 Å². The van der Waals surface area contributed by atoms with E-state index in [4.69, 9.17) is 16.3 Å². The molecular formula is C19H22ClNO2. The molecule has 0 spiro atoms. The summed E-state index contributed by atoms with van der Waals surface area (Å²) in [7, 11) is 0. The zero-order chi connectivity index (χ0) is 16.8. The van der Waals surface area contributed by atoms with Crippen molar-refractivity contribution in [1.29, 1.82) is 0 Å². The van der Waals surface area contributed by atoms with E-state index in [0.717, 1.165) is 35.2 Å². The smallest absolute Gasteiger partial charge is 0.262 e. The SMILES string of the molecule is CCc1cccc(CC)c1NC(=O)COc1ccc(Cl)cc1C. The first kappa shape index (κ1) is 17.4. The van der Waals surface area contributed by atoms with Crippen LogP contribution in [0, 0.1) is 6.92 Å². The van der Waals surface area contributed by atoms with Crippen LogP contribution in [0.15, 0.2) is 36.4 Å². The Bertz CT molecular complexity index is 676. The lowest BCUT2D eigenvalue weighted by Crippen LogP contribution is -2.22. The molecule has 0 aliphatic rings. The molecule has 0 heterocycles. The lowest BCUT2D eigenvalue weighted by molar-refractivity contribution is -0.118. The van der Waals surface area contributed by atoms with E-state index in [9.17, 15) is 4.79 Å². The number of ether oxygens (including phenoxy) is 1. The maximum Gasteiger partial charge on any atom is 0.262 e. The summed E-state index contributed by atoms with van der Waals surface area (Å²) in [6.07, 6.45) is 1.75. The largest absolute Gasteiger partial charge is 0.483 e. The van der Waals surface area contributed by atoms with Crippen molar-refractivity contribution in [2.75, 3.05) is 11.9 Å². The number of para-hydroxylation sites is 1. The van der Waals surface area contributed by atoms with Gasteiger partial charge < -0.3 is 10.1 Å². The van der Waals surface area contributed by atoms with Crippen LogP contribution >= 0.6 is 11.6 Å². The van der Waals surface area contributed by atoms with E-state index in [-0.39, 0.29) is 12.5 Å². The molecule has 2 aromatic carbocycles. The maximum absolute atomic E-state index is 12.2. The molecule has 0 aliphatic heterocycles. The molecule has 122 valence electrons. The van der Waals surface area contributed by atoms with Gasteiger partial charge in [-0.3, -0.25) is 4.79 Å². The molecular weight excluding hydrogens is 310 g/mol. The van der Waals surface area contributed by atoms with Crippen LogP contribution in [-0.4, -0.2) is 12.5 Å². The van der Waals surface area contributed by atoms with Crippen LogP contribution < -0.4 is 10.1 Å². The monoisotopic (exact) mass is 331 g/mol. The summed E-state index contributed by atoms with van der Waals surface area (Å²) in [5.74, 6) is 0.513. The summed E-state index contributed by atoms with van der Waals surface area (Å²) in [6, 6.07) is 11.5. The predicted molar refractivity (Wildman–Crippen MR) is 95.5 cm³/mol. The molecule has 0 fully saturated rings. The van der Waals surface area contributed by atoms with E-state index < -0.39 is 0 Å². The van der Waals surface area contributed by atoms with E-state index in [1.807, 2.05) is 31.2 Å². The summed E-state index contributed by atoms with van der Waals surface area (Å²) in [5.41, 5.74) is 4.10. The number of carbonyl (C=O) groups is 1. The second-order valence-corrected chi connectivity index (χ2v) is 5.84. The number of halogens is 1. The van der Waals surface area contributed by atoms with Crippen molar-refractivity contribution in [3.63, 3.8) is 0 Å². The molecule has 0 saturated carbocycles. The average molecular weight is 332 g/mol. The van der Waals surface area contributed by atoms with Crippen LogP contribution in [0.5, 0.6) is 5.75 Å². The molecule has 1 N–H and O–H groups in total. The minimum absolute atomic E-state index is 0.0241. The van der Waals surface area contributed by atoms with E-state index in [1.54, 1.807) is 12.1 Å². The first-order valence-electron chi connectivity index (χ1n) is 7.84. The number of amides is 1. The van der Waals surface area contributed by atoms with Gasteiger partial charge in [0.05, 0.1) is 0 Å². The van der Waals surface area contributed by atoms with Gasteiger partial charge in [-0.2, -0.15) is 0 Å². The summed E-state index contributed by atoms with van der Waals surface area (Å²) in [5, 5.41) is 3.65. The third-order valence-corrected chi connectivity index (χ3v) is 3.99. The summed E-state index contributed by atoms with van der Waals surface area (Å²) in [4.78, 5) is 12.2. The highest BCUT2D eigenvalue weighted by Gasteiger charge is 2.11. The van der Waals surface area contributed by atoms with Gasteiger partial charge in [-0.05, 0) is 54.7 Å². The van der Waals surface area contributed by atoms with Crippen LogP contribution in [0.3, 0.4) is 0 Å². The maximum atomic E-state index is 12.2. The topological polar surface area (TPSA) is 38.3 Å². The average Bonchev–Trinajstić information content (AvgIpc) is 2.54. The zero-order valence-corrected chi connectivity index (χ0v) is 14.5. The molecule has 0 radical (unpaired) electrons. The zero-order valence-electron chi connectivity index (χ0n) is 13.8. The van der Waals surface area contributed by atoms with Gasteiger partial charge in [-0.15, -0.1) is 0 Å². The number of benzene rings is 2. The molecule has 0 bridgehead atoms. The third-order valence-electron chi connectivity index (χ3n) is 3.76. The first-order chi connectivity index (χ1) is 11.0. The number of hydrogen-bond donors (Lipinski definition) is 1. The number of nitrogens with one attached hydrogen (secondary N) is 1. The van der Waals surface area contributed by atoms with E-state index in [2.05, 4.69) is 19.2 Å². The highest BCUT2D eigenvalue weighted by molar-refractivity contribution is 6.30. The second-order valence-electron chi connectivity index (χ2n) is 5.41. The molecule has 0 unspecified atom stereocenters. The van der Waals surface area contributed by atoms with E-state index in [0.29, 0.717) is 10.8 Å². The van der Waals surface area contributed by atoms with Gasteiger partial charge >= 0.3 is 0 Å². The molecule has 0 aromatic heterocycles. The lowest BCUT2D eigenvalue weighted by atomic mass is 10.0. The molecule has 3 nitrogen and oxygen atoms in total. The minimum atomic E-state index is -0.157. The summed E-state index contributed by atoms with van der Waals surface area (Å²) >= 11 is 5.92. The fourth-order valence-electron chi connectivity index (χ4n) is 2.50. The Morgan fingerprint density at radius 3 is 2.35 bits per heavy atom. The van der Waals surface area contributed by atoms with Gasteiger partial charge in [-0.1, -0.05) is 43.6 Å². The van der Waals surface area contributed by atoms with Gasteiger partial charge in [0.15, 0.2) is 6.61 Å². The van der Waals surface area contributed by atoms with Crippen molar-refractivity contribution in [2.45, 2.75) is 33.6 Å². The van der Waals surface area contributed by atoms with Gasteiger partial charge in [0.1, 0.15) is 5.75 Å². The Labute approximate surface area is 142 Å². The molecule has 0 saturated heterocycles. The number of rotatable bonds is 6. The molecule has 0 atom stereocenters. The Balaban J connectivity index is 2.05. The highest BCUT2D eigenvalue weighted by Crippen LogP contribution is 2.24. The fourth-order valence-corrected chi connectivity index (χ4v) is 2.72. The van der Waals surface area contributed by atoms with Gasteiger partial charge in [0, 0.05) is 10.7 Å². The standard InChI is InChI=1S/C19H22ClNO2/c1-4-14-7-6-8-15(5-2)19(14)21-18(22)12-23-17-10-9-16(20)11-13(17)3/h6-11H,4-5,12H2,1-3H3,(H,21,22). The number of anilines is 1. The Morgan fingerprint density at radius 1 is 1.13 bits per heavy atom. The quantitative estimate of drug-likeness (QED) is 0.826. The second kappa shape index (κ2) is 8.02. The third kappa shape index (κ3) is 4.49. The number of hydrogen-bond acceptors (Lipinski definition) is 2.